The monoisotopic (exact) mass is 338 g/mol. The van der Waals surface area contributed by atoms with E-state index in [1.165, 1.54) is 11.8 Å². The predicted octanol–water partition coefficient (Wildman–Crippen LogP) is 3.27. The van der Waals surface area contributed by atoms with Gasteiger partial charge in [0.05, 0.1) is 5.03 Å². The van der Waals surface area contributed by atoms with Gasteiger partial charge in [-0.3, -0.25) is 4.79 Å². The standard InChI is InChI=1S/C17H30N4OS/c1-5-7-10-20-21-13-14(3)9-11-19-17(22)15(4)16(18)23-12-8-6-2/h8,12-13,20H,3,5-7,9-11,18H2,1-2,4H3,(H,19,22)/b12-8-,16-15+,21-13-. The molecule has 0 heterocycles. The van der Waals surface area contributed by atoms with Crippen molar-refractivity contribution in [3.05, 3.63) is 34.2 Å². The second-order valence-corrected chi connectivity index (χ2v) is 6.02. The zero-order valence-corrected chi connectivity index (χ0v) is 15.3. The second-order valence-electron chi connectivity index (χ2n) is 5.07. The molecular formula is C17H30N4OS. The maximum atomic E-state index is 12.0. The van der Waals surface area contributed by atoms with Gasteiger partial charge in [-0.25, -0.2) is 0 Å². The van der Waals surface area contributed by atoms with E-state index < -0.39 is 0 Å². The molecule has 0 atom stereocenters. The van der Waals surface area contributed by atoms with Gasteiger partial charge in [-0.2, -0.15) is 5.10 Å². The van der Waals surface area contributed by atoms with Gasteiger partial charge >= 0.3 is 0 Å². The molecular weight excluding hydrogens is 308 g/mol. The molecule has 0 aliphatic carbocycles. The number of nitrogens with one attached hydrogen (secondary N) is 2. The van der Waals surface area contributed by atoms with Crippen LogP contribution in [-0.2, 0) is 4.79 Å². The van der Waals surface area contributed by atoms with Crippen LogP contribution in [0.15, 0.2) is 39.3 Å². The maximum Gasteiger partial charge on any atom is 0.249 e. The van der Waals surface area contributed by atoms with Crippen LogP contribution in [0.3, 0.4) is 0 Å². The second kappa shape index (κ2) is 13.9. The van der Waals surface area contributed by atoms with E-state index in [1.807, 2.05) is 18.4 Å². The van der Waals surface area contributed by atoms with Crippen molar-refractivity contribution in [2.75, 3.05) is 13.1 Å². The van der Waals surface area contributed by atoms with Gasteiger partial charge in [-0.05, 0) is 37.2 Å². The molecule has 5 nitrogen and oxygen atoms in total. The molecule has 0 unspecified atom stereocenters. The SMILES string of the molecule is C=C(/C=N\NCCCC)CCNC(=O)/C(C)=C(\N)S/C=C\CC. The molecule has 6 heteroatoms. The van der Waals surface area contributed by atoms with Crippen LogP contribution in [0.2, 0.25) is 0 Å². The summed E-state index contributed by atoms with van der Waals surface area (Å²) in [5.41, 5.74) is 10.2. The van der Waals surface area contributed by atoms with Gasteiger partial charge in [0.25, 0.3) is 0 Å². The minimum absolute atomic E-state index is 0.147. The lowest BCUT2D eigenvalue weighted by Gasteiger charge is -2.07. The van der Waals surface area contributed by atoms with E-state index in [0.29, 0.717) is 23.6 Å². The van der Waals surface area contributed by atoms with Crippen molar-refractivity contribution in [2.45, 2.75) is 46.5 Å². The number of nitrogens with two attached hydrogens (primary N) is 1. The van der Waals surface area contributed by atoms with Crippen molar-refractivity contribution in [1.29, 1.82) is 0 Å². The summed E-state index contributed by atoms with van der Waals surface area (Å²) in [5, 5.41) is 9.34. The number of thioether (sulfide) groups is 1. The van der Waals surface area contributed by atoms with Gasteiger partial charge in [-0.1, -0.05) is 44.7 Å². The first kappa shape index (κ1) is 21.3. The summed E-state index contributed by atoms with van der Waals surface area (Å²) in [6.45, 7) is 11.2. The quantitative estimate of drug-likeness (QED) is 0.221. The lowest BCUT2D eigenvalue weighted by molar-refractivity contribution is -0.117. The van der Waals surface area contributed by atoms with E-state index in [0.717, 1.165) is 31.4 Å². The van der Waals surface area contributed by atoms with Crippen molar-refractivity contribution in [3.8, 4) is 0 Å². The summed E-state index contributed by atoms with van der Waals surface area (Å²) in [6, 6.07) is 0. The minimum atomic E-state index is -0.147. The Kier molecular flexibility index (Phi) is 12.9. The van der Waals surface area contributed by atoms with Gasteiger partial charge in [0, 0.05) is 24.9 Å². The number of carbonyl (C=O) groups is 1. The minimum Gasteiger partial charge on any atom is -0.393 e. The molecule has 0 aliphatic heterocycles. The van der Waals surface area contributed by atoms with E-state index in [4.69, 9.17) is 5.73 Å². The summed E-state index contributed by atoms with van der Waals surface area (Å²) in [4.78, 5) is 12.0. The van der Waals surface area contributed by atoms with Crippen LogP contribution in [0, 0.1) is 0 Å². The predicted molar refractivity (Wildman–Crippen MR) is 102 cm³/mol. The Morgan fingerprint density at radius 3 is 2.74 bits per heavy atom. The molecule has 0 bridgehead atoms. The molecule has 0 aromatic heterocycles. The van der Waals surface area contributed by atoms with Crippen LogP contribution in [0.1, 0.15) is 46.5 Å². The van der Waals surface area contributed by atoms with Crippen LogP contribution in [0.25, 0.3) is 0 Å². The lowest BCUT2D eigenvalue weighted by Crippen LogP contribution is -2.26. The number of carbonyl (C=O) groups excluding carboxylic acids is 1. The van der Waals surface area contributed by atoms with E-state index in [9.17, 15) is 4.79 Å². The third-order valence-electron chi connectivity index (χ3n) is 2.95. The van der Waals surface area contributed by atoms with E-state index >= 15 is 0 Å². The Hall–Kier alpha value is -1.69. The Morgan fingerprint density at radius 1 is 1.35 bits per heavy atom. The Bertz CT molecular complexity index is 456. The molecule has 0 saturated carbocycles. The molecule has 0 fully saturated rings. The van der Waals surface area contributed by atoms with Crippen molar-refractivity contribution < 1.29 is 4.79 Å². The van der Waals surface area contributed by atoms with E-state index in [1.54, 1.807) is 13.1 Å². The topological polar surface area (TPSA) is 79.5 Å². The molecule has 0 aliphatic rings. The lowest BCUT2D eigenvalue weighted by atomic mass is 10.2. The first-order valence-electron chi connectivity index (χ1n) is 8.02. The number of nitrogens with zero attached hydrogens (tertiary/aromatic N) is 1. The molecule has 0 aromatic rings. The fraction of sp³-hybridized carbons (Fsp3) is 0.529. The maximum absolute atomic E-state index is 12.0. The summed E-state index contributed by atoms with van der Waals surface area (Å²) in [5.74, 6) is -0.147. The highest BCUT2D eigenvalue weighted by Gasteiger charge is 2.07. The number of hydrazone groups is 1. The number of rotatable bonds is 12. The normalized spacial score (nSPS) is 12.5. The summed E-state index contributed by atoms with van der Waals surface area (Å²) in [7, 11) is 0. The highest BCUT2D eigenvalue weighted by atomic mass is 32.2. The fourth-order valence-corrected chi connectivity index (χ4v) is 2.11. The highest BCUT2D eigenvalue weighted by Crippen LogP contribution is 2.15. The number of hydrogen-bond acceptors (Lipinski definition) is 5. The third kappa shape index (κ3) is 11.5. The third-order valence-corrected chi connectivity index (χ3v) is 3.84. The van der Waals surface area contributed by atoms with Crippen LogP contribution >= 0.6 is 11.8 Å². The molecule has 0 rings (SSSR count). The average molecular weight is 339 g/mol. The summed E-state index contributed by atoms with van der Waals surface area (Å²) in [6.07, 6.45) is 7.53. The van der Waals surface area contributed by atoms with Gasteiger partial charge in [0.1, 0.15) is 0 Å². The van der Waals surface area contributed by atoms with Crippen LogP contribution in [0.5, 0.6) is 0 Å². The smallest absolute Gasteiger partial charge is 0.249 e. The first-order chi connectivity index (χ1) is 11.0. The molecule has 23 heavy (non-hydrogen) atoms. The molecule has 4 N–H and O–H groups in total. The number of allylic oxidation sites excluding steroid dienone is 1. The summed E-state index contributed by atoms with van der Waals surface area (Å²) < 4.78 is 0. The molecule has 0 spiro atoms. The van der Waals surface area contributed by atoms with Crippen LogP contribution < -0.4 is 16.5 Å². The van der Waals surface area contributed by atoms with E-state index in [-0.39, 0.29) is 5.91 Å². The van der Waals surface area contributed by atoms with Gasteiger partial charge in [0.15, 0.2) is 0 Å². The largest absolute Gasteiger partial charge is 0.393 e. The van der Waals surface area contributed by atoms with Gasteiger partial charge in [-0.15, -0.1) is 0 Å². The fourth-order valence-electron chi connectivity index (χ4n) is 1.41. The van der Waals surface area contributed by atoms with Crippen LogP contribution in [0.4, 0.5) is 0 Å². The molecule has 0 radical (unpaired) electrons. The van der Waals surface area contributed by atoms with Gasteiger partial charge < -0.3 is 16.5 Å². The van der Waals surface area contributed by atoms with Crippen molar-refractivity contribution in [2.24, 2.45) is 10.8 Å². The molecule has 1 amide bonds. The number of amides is 1. The molecule has 0 saturated heterocycles. The summed E-state index contributed by atoms with van der Waals surface area (Å²) >= 11 is 1.36. The van der Waals surface area contributed by atoms with E-state index in [2.05, 4.69) is 29.3 Å². The van der Waals surface area contributed by atoms with Crippen molar-refractivity contribution in [1.82, 2.24) is 10.7 Å². The Balaban J connectivity index is 4.06. The molecule has 0 aromatic carbocycles. The Labute approximate surface area is 144 Å². The number of unbranched alkanes of at least 4 members (excludes halogenated alkanes) is 1. The van der Waals surface area contributed by atoms with Crippen molar-refractivity contribution >= 4 is 23.9 Å². The zero-order valence-electron chi connectivity index (χ0n) is 14.5. The van der Waals surface area contributed by atoms with Crippen LogP contribution in [-0.4, -0.2) is 25.2 Å². The van der Waals surface area contributed by atoms with Crippen molar-refractivity contribution in [3.63, 3.8) is 0 Å². The highest BCUT2D eigenvalue weighted by molar-refractivity contribution is 8.05. The Morgan fingerprint density at radius 2 is 2.09 bits per heavy atom. The van der Waals surface area contributed by atoms with Gasteiger partial charge in [0.2, 0.25) is 5.91 Å². The molecule has 130 valence electrons. The zero-order chi connectivity index (χ0) is 17.5. The number of hydrogen-bond donors (Lipinski definition) is 3. The first-order valence-corrected chi connectivity index (χ1v) is 8.90. The average Bonchev–Trinajstić information content (AvgIpc) is 2.53.